The molecule has 0 saturated heterocycles. The average molecular weight is 233 g/mol. The minimum Gasteiger partial charge on any atom is -0.504 e. The lowest BCUT2D eigenvalue weighted by Crippen LogP contribution is -1.88. The normalized spacial score (nSPS) is 9.92. The molecule has 1 aromatic carbocycles. The van der Waals surface area contributed by atoms with Gasteiger partial charge in [0.25, 0.3) is 0 Å². The van der Waals surface area contributed by atoms with Crippen LogP contribution in [0.1, 0.15) is 5.56 Å². The molecule has 0 radical (unpaired) electrons. The molecule has 0 heterocycles. The molecule has 0 aliphatic carbocycles. The molecule has 12 heavy (non-hydrogen) atoms. The maximum atomic E-state index is 9.34. The zero-order chi connectivity index (χ0) is 9.30. The predicted octanol–water partition coefficient (Wildman–Crippen LogP) is 2.18. The zero-order valence-electron chi connectivity index (χ0n) is 6.76. The van der Waals surface area contributed by atoms with Gasteiger partial charge in [0.2, 0.25) is 0 Å². The van der Waals surface area contributed by atoms with Crippen molar-refractivity contribution < 1.29 is 14.9 Å². The number of aromatic hydroxyl groups is 2. The molecule has 0 aliphatic heterocycles. The minimum atomic E-state index is -0.159. The lowest BCUT2D eigenvalue weighted by atomic mass is 10.2. The Labute approximate surface area is 78.7 Å². The SMILES string of the molecule is COc1cc(Br)c(O)c(O)c1C. The highest BCUT2D eigenvalue weighted by atomic mass is 79.9. The van der Waals surface area contributed by atoms with Crippen LogP contribution in [0, 0.1) is 6.92 Å². The average Bonchev–Trinajstić information content (AvgIpc) is 2.08. The van der Waals surface area contributed by atoms with Crippen molar-refractivity contribution in [3.63, 3.8) is 0 Å². The summed E-state index contributed by atoms with van der Waals surface area (Å²) in [5.41, 5.74) is 0.526. The molecule has 0 bridgehead atoms. The van der Waals surface area contributed by atoms with Crippen LogP contribution in [0.15, 0.2) is 10.5 Å². The number of phenols is 2. The van der Waals surface area contributed by atoms with Crippen LogP contribution < -0.4 is 4.74 Å². The summed E-state index contributed by atoms with van der Waals surface area (Å²) in [6.07, 6.45) is 0. The minimum absolute atomic E-state index is 0.152. The van der Waals surface area contributed by atoms with Crippen LogP contribution in [0.5, 0.6) is 17.2 Å². The van der Waals surface area contributed by atoms with Gasteiger partial charge in [0, 0.05) is 5.56 Å². The molecule has 66 valence electrons. The Balaban J connectivity index is 3.39. The van der Waals surface area contributed by atoms with Crippen molar-refractivity contribution in [1.82, 2.24) is 0 Å². The van der Waals surface area contributed by atoms with Gasteiger partial charge in [-0.05, 0) is 28.9 Å². The van der Waals surface area contributed by atoms with E-state index in [0.29, 0.717) is 15.8 Å². The highest BCUT2D eigenvalue weighted by molar-refractivity contribution is 9.10. The Morgan fingerprint density at radius 2 is 1.92 bits per heavy atom. The first-order valence-corrected chi connectivity index (χ1v) is 4.12. The lowest BCUT2D eigenvalue weighted by molar-refractivity contribution is 0.379. The quantitative estimate of drug-likeness (QED) is 0.731. The summed E-state index contributed by atoms with van der Waals surface area (Å²) in [5, 5.41) is 18.6. The zero-order valence-corrected chi connectivity index (χ0v) is 8.34. The van der Waals surface area contributed by atoms with Crippen LogP contribution in [0.4, 0.5) is 0 Å². The van der Waals surface area contributed by atoms with Gasteiger partial charge in [-0.15, -0.1) is 0 Å². The first-order chi connectivity index (χ1) is 5.57. The summed E-state index contributed by atoms with van der Waals surface area (Å²) < 4.78 is 5.38. The fourth-order valence-corrected chi connectivity index (χ4v) is 1.31. The van der Waals surface area contributed by atoms with Gasteiger partial charge in [-0.1, -0.05) is 0 Å². The van der Waals surface area contributed by atoms with Gasteiger partial charge in [-0.3, -0.25) is 0 Å². The molecular formula is C8H9BrO3. The number of hydrogen-bond acceptors (Lipinski definition) is 3. The second-order valence-corrected chi connectivity index (χ2v) is 3.24. The Morgan fingerprint density at radius 1 is 1.33 bits per heavy atom. The second-order valence-electron chi connectivity index (χ2n) is 2.38. The van der Waals surface area contributed by atoms with E-state index in [0.717, 1.165) is 0 Å². The van der Waals surface area contributed by atoms with E-state index in [-0.39, 0.29) is 11.5 Å². The van der Waals surface area contributed by atoms with Crippen molar-refractivity contribution in [2.45, 2.75) is 6.92 Å². The van der Waals surface area contributed by atoms with Gasteiger partial charge in [-0.2, -0.15) is 0 Å². The number of benzene rings is 1. The number of phenolic OH excluding ortho intramolecular Hbond substituents is 2. The molecule has 3 nitrogen and oxygen atoms in total. The van der Waals surface area contributed by atoms with Crippen molar-refractivity contribution >= 4 is 15.9 Å². The van der Waals surface area contributed by atoms with Crippen LogP contribution in [-0.2, 0) is 0 Å². The second kappa shape index (κ2) is 3.23. The largest absolute Gasteiger partial charge is 0.504 e. The molecule has 2 N–H and O–H groups in total. The number of halogens is 1. The van der Waals surface area contributed by atoms with Crippen molar-refractivity contribution in [3.05, 3.63) is 16.1 Å². The van der Waals surface area contributed by atoms with Crippen LogP contribution in [0.2, 0.25) is 0 Å². The molecule has 0 unspecified atom stereocenters. The van der Waals surface area contributed by atoms with Crippen molar-refractivity contribution in [1.29, 1.82) is 0 Å². The van der Waals surface area contributed by atoms with Crippen LogP contribution >= 0.6 is 15.9 Å². The highest BCUT2D eigenvalue weighted by Gasteiger charge is 2.12. The summed E-state index contributed by atoms with van der Waals surface area (Å²) in [5.74, 6) is 0.228. The summed E-state index contributed by atoms with van der Waals surface area (Å²) >= 11 is 3.08. The molecule has 1 rings (SSSR count). The van der Waals surface area contributed by atoms with Gasteiger partial charge < -0.3 is 14.9 Å². The van der Waals surface area contributed by atoms with Gasteiger partial charge >= 0.3 is 0 Å². The van der Waals surface area contributed by atoms with Gasteiger partial charge in [0.05, 0.1) is 11.6 Å². The molecule has 0 amide bonds. The van der Waals surface area contributed by atoms with E-state index in [9.17, 15) is 10.2 Å². The topological polar surface area (TPSA) is 49.7 Å². The van der Waals surface area contributed by atoms with E-state index < -0.39 is 0 Å². The third kappa shape index (κ3) is 1.34. The fraction of sp³-hybridized carbons (Fsp3) is 0.250. The van der Waals surface area contributed by atoms with Crippen LogP contribution in [-0.4, -0.2) is 17.3 Å². The van der Waals surface area contributed by atoms with Crippen molar-refractivity contribution in [3.8, 4) is 17.2 Å². The fourth-order valence-electron chi connectivity index (χ4n) is 0.911. The Kier molecular flexibility index (Phi) is 2.47. The van der Waals surface area contributed by atoms with E-state index in [2.05, 4.69) is 15.9 Å². The highest BCUT2D eigenvalue weighted by Crippen LogP contribution is 2.40. The molecule has 0 aliphatic rings. The van der Waals surface area contributed by atoms with Gasteiger partial charge in [0.1, 0.15) is 5.75 Å². The van der Waals surface area contributed by atoms with Crippen molar-refractivity contribution in [2.24, 2.45) is 0 Å². The third-order valence-corrected chi connectivity index (χ3v) is 2.26. The standard InChI is InChI=1S/C8H9BrO3/c1-4-6(12-2)3-5(9)8(11)7(4)10/h3,10-11H,1-2H3. The molecule has 0 fully saturated rings. The number of hydrogen-bond donors (Lipinski definition) is 2. The number of ether oxygens (including phenoxy) is 1. The van der Waals surface area contributed by atoms with E-state index in [1.807, 2.05) is 0 Å². The van der Waals surface area contributed by atoms with Crippen molar-refractivity contribution in [2.75, 3.05) is 7.11 Å². The summed E-state index contributed by atoms with van der Waals surface area (Å²) in [6, 6.07) is 1.60. The Bertz CT molecular complexity index is 310. The van der Waals surface area contributed by atoms with E-state index in [4.69, 9.17) is 4.74 Å². The number of methoxy groups -OCH3 is 1. The third-order valence-electron chi connectivity index (χ3n) is 1.65. The molecule has 0 spiro atoms. The maximum absolute atomic E-state index is 9.34. The van der Waals surface area contributed by atoms with Gasteiger partial charge in [-0.25, -0.2) is 0 Å². The maximum Gasteiger partial charge on any atom is 0.172 e. The summed E-state index contributed by atoms with van der Waals surface area (Å²) in [4.78, 5) is 0. The van der Waals surface area contributed by atoms with E-state index in [1.165, 1.54) is 7.11 Å². The first-order valence-electron chi connectivity index (χ1n) is 3.33. The Morgan fingerprint density at radius 3 is 2.42 bits per heavy atom. The predicted molar refractivity (Wildman–Crippen MR) is 48.8 cm³/mol. The van der Waals surface area contributed by atoms with Gasteiger partial charge in [0.15, 0.2) is 11.5 Å². The molecule has 0 atom stereocenters. The molecule has 0 aromatic heterocycles. The summed E-state index contributed by atoms with van der Waals surface area (Å²) in [6.45, 7) is 1.67. The molecule has 4 heteroatoms. The van der Waals surface area contributed by atoms with E-state index in [1.54, 1.807) is 13.0 Å². The summed E-state index contributed by atoms with van der Waals surface area (Å²) in [7, 11) is 1.51. The first kappa shape index (κ1) is 9.19. The monoisotopic (exact) mass is 232 g/mol. The molecular weight excluding hydrogens is 224 g/mol. The number of rotatable bonds is 1. The molecule has 0 saturated carbocycles. The smallest absolute Gasteiger partial charge is 0.172 e. The van der Waals surface area contributed by atoms with E-state index >= 15 is 0 Å². The molecule has 1 aromatic rings. The van der Waals surface area contributed by atoms with Crippen LogP contribution in [0.25, 0.3) is 0 Å². The Hall–Kier alpha value is -0.900. The lowest BCUT2D eigenvalue weighted by Gasteiger charge is -2.08. The van der Waals surface area contributed by atoms with Crippen LogP contribution in [0.3, 0.4) is 0 Å².